The molecule has 9 heteroatoms. The summed E-state index contributed by atoms with van der Waals surface area (Å²) in [5.41, 5.74) is 5.03. The molecule has 0 bridgehead atoms. The average Bonchev–Trinajstić information content (AvgIpc) is 3.47. The summed E-state index contributed by atoms with van der Waals surface area (Å²) < 4.78 is 2.03. The van der Waals surface area contributed by atoms with Crippen LogP contribution in [0.15, 0.2) is 72.3 Å². The molecule has 2 aromatic carbocycles. The molecule has 8 nitrogen and oxygen atoms in total. The number of rotatable bonds is 5. The minimum absolute atomic E-state index is 0.138. The maximum absolute atomic E-state index is 13.7. The number of barbiturate groups is 1. The number of aryl methyl sites for hydroxylation is 2. The molecule has 0 spiro atoms. The molecule has 1 saturated heterocycles. The summed E-state index contributed by atoms with van der Waals surface area (Å²) in [6.07, 6.45) is 5.42. The van der Waals surface area contributed by atoms with E-state index in [0.29, 0.717) is 16.8 Å². The zero-order valence-corrected chi connectivity index (χ0v) is 23.5. The molecule has 0 radical (unpaired) electrons. The first-order chi connectivity index (χ1) is 19.8. The summed E-state index contributed by atoms with van der Waals surface area (Å²) in [7, 11) is 0. The summed E-state index contributed by atoms with van der Waals surface area (Å²) in [4.78, 5) is 54.7. The van der Waals surface area contributed by atoms with E-state index in [2.05, 4.69) is 10.6 Å². The molecular weight excluding hydrogens is 536 g/mol. The molecule has 41 heavy (non-hydrogen) atoms. The lowest BCUT2D eigenvalue weighted by Crippen LogP contribution is -2.54. The van der Waals surface area contributed by atoms with Crippen molar-refractivity contribution in [2.45, 2.75) is 39.5 Å². The first-order valence-corrected chi connectivity index (χ1v) is 14.3. The molecule has 3 heterocycles. The number of urea groups is 1. The maximum Gasteiger partial charge on any atom is 0.335 e. The normalized spacial score (nSPS) is 16.1. The SMILES string of the molecule is Cc1cc(/C=C2\C(=O)NC(=O)N(c3ccccc3)C2=O)c(C)n1-c1sc2c(c1C(=O)Nc1ccccc1)CCCC2. The number of hydrogen-bond donors (Lipinski definition) is 2. The average molecular weight is 565 g/mol. The highest BCUT2D eigenvalue weighted by Gasteiger charge is 2.37. The van der Waals surface area contributed by atoms with Gasteiger partial charge in [-0.3, -0.25) is 19.7 Å². The number of thiophene rings is 1. The second-order valence-electron chi connectivity index (χ2n) is 10.2. The van der Waals surface area contributed by atoms with Crippen LogP contribution in [0.4, 0.5) is 16.2 Å². The first kappa shape index (κ1) is 26.5. The van der Waals surface area contributed by atoms with Crippen molar-refractivity contribution < 1.29 is 19.2 Å². The minimum atomic E-state index is -0.785. The zero-order valence-electron chi connectivity index (χ0n) is 22.7. The van der Waals surface area contributed by atoms with E-state index >= 15 is 0 Å². The van der Waals surface area contributed by atoms with E-state index in [1.54, 1.807) is 41.7 Å². The highest BCUT2D eigenvalue weighted by Crippen LogP contribution is 2.39. The molecule has 4 aromatic rings. The Morgan fingerprint density at radius 2 is 1.63 bits per heavy atom. The smallest absolute Gasteiger partial charge is 0.322 e. The van der Waals surface area contributed by atoms with E-state index in [0.717, 1.165) is 58.2 Å². The van der Waals surface area contributed by atoms with Crippen LogP contribution in [-0.2, 0) is 22.4 Å². The largest absolute Gasteiger partial charge is 0.335 e. The van der Waals surface area contributed by atoms with Crippen molar-refractivity contribution in [3.8, 4) is 5.00 Å². The Hall–Kier alpha value is -4.76. The van der Waals surface area contributed by atoms with Crippen molar-refractivity contribution in [1.29, 1.82) is 0 Å². The summed E-state index contributed by atoms with van der Waals surface area (Å²) in [6, 6.07) is 19.0. The van der Waals surface area contributed by atoms with Gasteiger partial charge in [0.15, 0.2) is 0 Å². The lowest BCUT2D eigenvalue weighted by Gasteiger charge is -2.26. The minimum Gasteiger partial charge on any atom is -0.322 e. The summed E-state index contributed by atoms with van der Waals surface area (Å²) >= 11 is 1.62. The molecule has 1 aliphatic heterocycles. The van der Waals surface area contributed by atoms with E-state index in [9.17, 15) is 19.2 Å². The molecule has 2 N–H and O–H groups in total. The lowest BCUT2D eigenvalue weighted by atomic mass is 9.95. The number of aromatic nitrogens is 1. The number of hydrogen-bond acceptors (Lipinski definition) is 5. The number of benzene rings is 2. The quantitative estimate of drug-likeness (QED) is 0.231. The monoisotopic (exact) mass is 564 g/mol. The molecule has 0 saturated carbocycles. The van der Waals surface area contributed by atoms with Crippen LogP contribution in [0.3, 0.4) is 0 Å². The van der Waals surface area contributed by atoms with E-state index in [1.807, 2.05) is 54.8 Å². The highest BCUT2D eigenvalue weighted by atomic mass is 32.1. The number of nitrogens with zero attached hydrogens (tertiary/aromatic N) is 2. The second kappa shape index (κ2) is 10.7. The van der Waals surface area contributed by atoms with Crippen LogP contribution in [0, 0.1) is 13.8 Å². The van der Waals surface area contributed by atoms with Crippen molar-refractivity contribution in [2.75, 3.05) is 10.2 Å². The first-order valence-electron chi connectivity index (χ1n) is 13.5. The van der Waals surface area contributed by atoms with Crippen molar-refractivity contribution in [1.82, 2.24) is 9.88 Å². The molecule has 2 aliphatic rings. The predicted octanol–water partition coefficient (Wildman–Crippen LogP) is 5.95. The van der Waals surface area contributed by atoms with Crippen LogP contribution in [0.2, 0.25) is 0 Å². The lowest BCUT2D eigenvalue weighted by molar-refractivity contribution is -0.122. The molecule has 1 aliphatic carbocycles. The number of imide groups is 2. The molecule has 2 aromatic heterocycles. The molecule has 1 fully saturated rings. The Balaban J connectivity index is 1.42. The highest BCUT2D eigenvalue weighted by molar-refractivity contribution is 7.15. The number of fused-ring (bicyclic) bond motifs is 1. The van der Waals surface area contributed by atoms with Gasteiger partial charge in [-0.15, -0.1) is 11.3 Å². The van der Waals surface area contributed by atoms with Gasteiger partial charge in [-0.2, -0.15) is 0 Å². The van der Waals surface area contributed by atoms with Gasteiger partial charge in [-0.1, -0.05) is 36.4 Å². The number of carbonyl (C=O) groups excluding carboxylic acids is 4. The van der Waals surface area contributed by atoms with Crippen LogP contribution in [-0.4, -0.2) is 28.3 Å². The summed E-state index contributed by atoms with van der Waals surface area (Å²) in [5.74, 6) is -1.59. The van der Waals surface area contributed by atoms with Crippen molar-refractivity contribution in [3.05, 3.63) is 105 Å². The van der Waals surface area contributed by atoms with Crippen molar-refractivity contribution in [2.24, 2.45) is 0 Å². The Morgan fingerprint density at radius 3 is 2.37 bits per heavy atom. The fourth-order valence-corrected chi connectivity index (χ4v) is 7.03. The fraction of sp³-hybridized carbons (Fsp3) is 0.188. The Bertz CT molecular complexity index is 1730. The molecule has 0 unspecified atom stereocenters. The third-order valence-corrected chi connectivity index (χ3v) is 8.78. The third kappa shape index (κ3) is 4.78. The van der Waals surface area contributed by atoms with Crippen LogP contribution < -0.4 is 15.5 Å². The van der Waals surface area contributed by atoms with E-state index in [4.69, 9.17) is 0 Å². The number of anilines is 2. The van der Waals surface area contributed by atoms with Crippen LogP contribution in [0.1, 0.15) is 50.6 Å². The third-order valence-electron chi connectivity index (χ3n) is 7.50. The van der Waals surface area contributed by atoms with E-state index in [-0.39, 0.29) is 11.5 Å². The van der Waals surface area contributed by atoms with Gasteiger partial charge in [0.05, 0.1) is 11.3 Å². The van der Waals surface area contributed by atoms with Gasteiger partial charge in [0.1, 0.15) is 10.6 Å². The van der Waals surface area contributed by atoms with Crippen LogP contribution in [0.5, 0.6) is 0 Å². The molecule has 206 valence electrons. The maximum atomic E-state index is 13.7. The van der Waals surface area contributed by atoms with E-state index in [1.165, 1.54) is 11.0 Å². The van der Waals surface area contributed by atoms with Crippen molar-refractivity contribution in [3.63, 3.8) is 0 Å². The van der Waals surface area contributed by atoms with Crippen LogP contribution >= 0.6 is 11.3 Å². The zero-order chi connectivity index (χ0) is 28.7. The molecule has 6 rings (SSSR count). The second-order valence-corrected chi connectivity index (χ2v) is 11.3. The topological polar surface area (TPSA) is 101 Å². The van der Waals surface area contributed by atoms with E-state index < -0.39 is 17.8 Å². The van der Waals surface area contributed by atoms with Gasteiger partial charge in [0.2, 0.25) is 0 Å². The van der Waals surface area contributed by atoms with Gasteiger partial charge >= 0.3 is 6.03 Å². The molecule has 0 atom stereocenters. The van der Waals surface area contributed by atoms with Gasteiger partial charge in [0.25, 0.3) is 17.7 Å². The Labute approximate surface area is 241 Å². The van der Waals surface area contributed by atoms with Crippen molar-refractivity contribution >= 4 is 52.5 Å². The number of carbonyl (C=O) groups is 4. The number of para-hydroxylation sites is 2. The standard InChI is InChI=1S/C32H28N4O4S/c1-19-17-21(18-25-28(37)34-32(40)36(30(25)39)23-13-7-4-8-14-23)20(2)35(19)31-27(24-15-9-10-16-26(24)41-31)29(38)33-22-11-5-3-6-12-22/h3-8,11-14,17-18H,9-10,15-16H2,1-2H3,(H,33,38)(H,34,37,40)/b25-18+. The van der Waals surface area contributed by atoms with Gasteiger partial charge < -0.3 is 9.88 Å². The number of nitrogens with one attached hydrogen (secondary N) is 2. The van der Waals surface area contributed by atoms with Gasteiger partial charge in [0, 0.05) is 22.0 Å². The van der Waals surface area contributed by atoms with Gasteiger partial charge in [-0.05, 0) is 87.1 Å². The Morgan fingerprint density at radius 1 is 0.951 bits per heavy atom. The van der Waals surface area contributed by atoms with Gasteiger partial charge in [-0.25, -0.2) is 9.69 Å². The fourth-order valence-electron chi connectivity index (χ4n) is 5.53. The number of amides is 5. The van der Waals surface area contributed by atoms with Crippen LogP contribution in [0.25, 0.3) is 11.1 Å². The predicted molar refractivity (Wildman–Crippen MR) is 160 cm³/mol. The summed E-state index contributed by atoms with van der Waals surface area (Å²) in [6.45, 7) is 3.84. The Kier molecular flexibility index (Phi) is 6.88. The molecular formula is C32H28N4O4S. The molecule has 5 amide bonds. The summed E-state index contributed by atoms with van der Waals surface area (Å²) in [5, 5.41) is 6.17.